The first-order chi connectivity index (χ1) is 12.6. The maximum Gasteiger partial charge on any atom is 0.254 e. The van der Waals surface area contributed by atoms with Gasteiger partial charge in [0.25, 0.3) is 5.91 Å². The Morgan fingerprint density at radius 3 is 2.42 bits per heavy atom. The van der Waals surface area contributed by atoms with Crippen LogP contribution in [0.25, 0.3) is 0 Å². The zero-order valence-corrected chi connectivity index (χ0v) is 15.6. The molecule has 138 valence electrons. The normalized spacial score (nSPS) is 14.9. The van der Waals surface area contributed by atoms with Gasteiger partial charge in [-0.15, -0.1) is 0 Å². The van der Waals surface area contributed by atoms with E-state index in [4.69, 9.17) is 4.74 Å². The third-order valence-corrected chi connectivity index (χ3v) is 4.69. The van der Waals surface area contributed by atoms with E-state index in [1.54, 1.807) is 0 Å². The van der Waals surface area contributed by atoms with E-state index in [9.17, 15) is 4.79 Å². The minimum absolute atomic E-state index is 0.119. The summed E-state index contributed by atoms with van der Waals surface area (Å²) in [6.45, 7) is 4.84. The van der Waals surface area contributed by atoms with Gasteiger partial charge in [0.15, 0.2) is 0 Å². The summed E-state index contributed by atoms with van der Waals surface area (Å²) in [6.07, 6.45) is 0. The molecule has 1 heterocycles. The Kier molecular flexibility index (Phi) is 6.12. The van der Waals surface area contributed by atoms with Gasteiger partial charge in [0, 0.05) is 58.1 Å². The van der Waals surface area contributed by atoms with E-state index in [0.29, 0.717) is 6.61 Å². The van der Waals surface area contributed by atoms with Crippen molar-refractivity contribution in [3.63, 3.8) is 0 Å². The van der Waals surface area contributed by atoms with Gasteiger partial charge in [-0.3, -0.25) is 9.69 Å². The Labute approximate surface area is 155 Å². The second kappa shape index (κ2) is 8.72. The number of amides is 1. The number of anilines is 1. The Morgan fingerprint density at radius 1 is 1.00 bits per heavy atom. The molecule has 2 aromatic carbocycles. The van der Waals surface area contributed by atoms with Crippen LogP contribution in [0.1, 0.15) is 10.4 Å². The van der Waals surface area contributed by atoms with Crippen molar-refractivity contribution in [3.05, 3.63) is 60.2 Å². The van der Waals surface area contributed by atoms with E-state index in [-0.39, 0.29) is 5.91 Å². The van der Waals surface area contributed by atoms with E-state index < -0.39 is 0 Å². The van der Waals surface area contributed by atoms with Crippen LogP contribution in [-0.4, -0.2) is 69.1 Å². The molecule has 1 aliphatic rings. The molecule has 1 saturated heterocycles. The van der Waals surface area contributed by atoms with Crippen LogP contribution in [0.3, 0.4) is 0 Å². The van der Waals surface area contributed by atoms with Crippen LogP contribution >= 0.6 is 0 Å². The minimum atomic E-state index is 0.119. The molecule has 0 bridgehead atoms. The first-order valence-electron chi connectivity index (χ1n) is 9.10. The molecule has 2 aromatic rings. The molecule has 1 amide bonds. The molecule has 0 saturated carbocycles. The maximum absolute atomic E-state index is 12.7. The van der Waals surface area contributed by atoms with Gasteiger partial charge < -0.3 is 14.5 Å². The van der Waals surface area contributed by atoms with Gasteiger partial charge >= 0.3 is 0 Å². The highest BCUT2D eigenvalue weighted by atomic mass is 16.5. The summed E-state index contributed by atoms with van der Waals surface area (Å²) >= 11 is 0. The summed E-state index contributed by atoms with van der Waals surface area (Å²) in [4.78, 5) is 19.1. The summed E-state index contributed by atoms with van der Waals surface area (Å²) in [7, 11) is 3.97. The monoisotopic (exact) mass is 353 g/mol. The molecule has 0 radical (unpaired) electrons. The summed E-state index contributed by atoms with van der Waals surface area (Å²) < 4.78 is 5.76. The smallest absolute Gasteiger partial charge is 0.254 e. The van der Waals surface area contributed by atoms with Crippen molar-refractivity contribution in [1.82, 2.24) is 9.80 Å². The Bertz CT molecular complexity index is 710. The van der Waals surface area contributed by atoms with Crippen molar-refractivity contribution < 1.29 is 9.53 Å². The van der Waals surface area contributed by atoms with Crippen LogP contribution in [0.2, 0.25) is 0 Å². The Morgan fingerprint density at radius 2 is 1.73 bits per heavy atom. The van der Waals surface area contributed by atoms with Crippen molar-refractivity contribution in [1.29, 1.82) is 0 Å². The van der Waals surface area contributed by atoms with Gasteiger partial charge in [-0.05, 0) is 30.3 Å². The van der Waals surface area contributed by atoms with Crippen LogP contribution in [0.4, 0.5) is 5.69 Å². The highest BCUT2D eigenvalue weighted by molar-refractivity contribution is 5.95. The zero-order chi connectivity index (χ0) is 18.4. The third kappa shape index (κ3) is 4.76. The van der Waals surface area contributed by atoms with E-state index >= 15 is 0 Å². The standard InChI is InChI=1S/C21H27N3O2/c1-22(2)19-8-6-7-18(17-19)21(25)24-13-11-23(12-14-24)15-16-26-20-9-4-3-5-10-20/h3-10,17H,11-16H2,1-2H3. The number of para-hydroxylation sites is 1. The SMILES string of the molecule is CN(C)c1cccc(C(=O)N2CCN(CCOc3ccccc3)CC2)c1. The van der Waals surface area contributed by atoms with Gasteiger partial charge in [-0.1, -0.05) is 24.3 Å². The molecular weight excluding hydrogens is 326 g/mol. The lowest BCUT2D eigenvalue weighted by atomic mass is 10.1. The van der Waals surface area contributed by atoms with E-state index in [1.165, 1.54) is 0 Å². The fourth-order valence-corrected chi connectivity index (χ4v) is 3.08. The van der Waals surface area contributed by atoms with Crippen LogP contribution < -0.4 is 9.64 Å². The molecule has 0 spiro atoms. The molecule has 0 aromatic heterocycles. The van der Waals surface area contributed by atoms with Crippen molar-refractivity contribution >= 4 is 11.6 Å². The highest BCUT2D eigenvalue weighted by Gasteiger charge is 2.22. The molecular formula is C21H27N3O2. The second-order valence-electron chi connectivity index (χ2n) is 6.74. The van der Waals surface area contributed by atoms with E-state index in [2.05, 4.69) is 4.90 Å². The number of carbonyl (C=O) groups is 1. The van der Waals surface area contributed by atoms with Crippen LogP contribution in [0, 0.1) is 0 Å². The van der Waals surface area contributed by atoms with E-state index in [1.807, 2.05) is 78.5 Å². The number of hydrogen-bond acceptors (Lipinski definition) is 4. The van der Waals surface area contributed by atoms with Gasteiger partial charge in [-0.25, -0.2) is 0 Å². The molecule has 5 heteroatoms. The van der Waals surface area contributed by atoms with Gasteiger partial charge in [0.2, 0.25) is 0 Å². The lowest BCUT2D eigenvalue weighted by Gasteiger charge is -2.34. The molecule has 0 N–H and O–H groups in total. The summed E-state index contributed by atoms with van der Waals surface area (Å²) in [5.41, 5.74) is 1.81. The summed E-state index contributed by atoms with van der Waals surface area (Å²) in [5.74, 6) is 1.02. The predicted molar refractivity (Wildman–Crippen MR) is 105 cm³/mol. The second-order valence-corrected chi connectivity index (χ2v) is 6.74. The molecule has 3 rings (SSSR count). The van der Waals surface area contributed by atoms with Crippen molar-refractivity contribution in [2.75, 3.05) is 58.3 Å². The maximum atomic E-state index is 12.7. The summed E-state index contributed by atoms with van der Waals surface area (Å²) in [6, 6.07) is 17.7. The van der Waals surface area contributed by atoms with Gasteiger partial charge in [-0.2, -0.15) is 0 Å². The lowest BCUT2D eigenvalue weighted by molar-refractivity contribution is 0.0620. The fourth-order valence-electron chi connectivity index (χ4n) is 3.08. The topological polar surface area (TPSA) is 36.0 Å². The van der Waals surface area contributed by atoms with Crippen LogP contribution in [0.5, 0.6) is 5.75 Å². The molecule has 0 unspecified atom stereocenters. The predicted octanol–water partition coefficient (Wildman–Crippen LogP) is 2.59. The lowest BCUT2D eigenvalue weighted by Crippen LogP contribution is -2.49. The van der Waals surface area contributed by atoms with Crippen LogP contribution in [-0.2, 0) is 0 Å². The number of nitrogens with zero attached hydrogens (tertiary/aromatic N) is 3. The van der Waals surface area contributed by atoms with Gasteiger partial charge in [0.05, 0.1) is 0 Å². The van der Waals surface area contributed by atoms with Crippen molar-refractivity contribution in [2.24, 2.45) is 0 Å². The van der Waals surface area contributed by atoms with Crippen LogP contribution in [0.15, 0.2) is 54.6 Å². The average molecular weight is 353 g/mol. The number of piperazine rings is 1. The first-order valence-corrected chi connectivity index (χ1v) is 9.10. The largest absolute Gasteiger partial charge is 0.492 e. The first kappa shape index (κ1) is 18.3. The molecule has 1 aliphatic heterocycles. The molecule has 26 heavy (non-hydrogen) atoms. The average Bonchev–Trinajstić information content (AvgIpc) is 2.69. The van der Waals surface area contributed by atoms with E-state index in [0.717, 1.165) is 49.7 Å². The van der Waals surface area contributed by atoms with Crippen molar-refractivity contribution in [2.45, 2.75) is 0 Å². The zero-order valence-electron chi connectivity index (χ0n) is 15.6. The molecule has 5 nitrogen and oxygen atoms in total. The molecule has 0 atom stereocenters. The fraction of sp³-hybridized carbons (Fsp3) is 0.381. The third-order valence-electron chi connectivity index (χ3n) is 4.69. The number of rotatable bonds is 6. The Balaban J connectivity index is 1.46. The quantitative estimate of drug-likeness (QED) is 0.800. The molecule has 0 aliphatic carbocycles. The van der Waals surface area contributed by atoms with Gasteiger partial charge in [0.1, 0.15) is 12.4 Å². The number of carbonyl (C=O) groups excluding carboxylic acids is 1. The molecule has 1 fully saturated rings. The number of hydrogen-bond donors (Lipinski definition) is 0. The van der Waals surface area contributed by atoms with Crippen molar-refractivity contribution in [3.8, 4) is 5.75 Å². The Hall–Kier alpha value is -2.53. The number of benzene rings is 2. The number of ether oxygens (including phenoxy) is 1. The highest BCUT2D eigenvalue weighted by Crippen LogP contribution is 2.16. The minimum Gasteiger partial charge on any atom is -0.492 e. The summed E-state index contributed by atoms with van der Waals surface area (Å²) in [5, 5.41) is 0.